The van der Waals surface area contributed by atoms with Crippen LogP contribution in [0.5, 0.6) is 0 Å². The summed E-state index contributed by atoms with van der Waals surface area (Å²) in [6.07, 6.45) is 0.808. The minimum atomic E-state index is -0.646. The molecule has 0 N–H and O–H groups in total. The zero-order chi connectivity index (χ0) is 18.7. The first-order valence-corrected chi connectivity index (χ1v) is 9.50. The maximum absolute atomic E-state index is 12.9. The van der Waals surface area contributed by atoms with E-state index in [4.69, 9.17) is 4.74 Å². The van der Waals surface area contributed by atoms with Gasteiger partial charge in [-0.2, -0.15) is 0 Å². The Morgan fingerprint density at radius 1 is 1.08 bits per heavy atom. The Labute approximate surface area is 161 Å². The fraction of sp³-hybridized carbons (Fsp3) is 0.500. The van der Waals surface area contributed by atoms with Gasteiger partial charge in [0.05, 0.1) is 12.8 Å². The molecule has 2 heterocycles. The summed E-state index contributed by atoms with van der Waals surface area (Å²) in [6, 6.07) is 7.52. The molecule has 1 aromatic rings. The molecule has 2 saturated heterocycles. The van der Waals surface area contributed by atoms with E-state index in [-0.39, 0.29) is 17.9 Å². The highest BCUT2D eigenvalue weighted by Crippen LogP contribution is 2.32. The Morgan fingerprint density at radius 3 is 2.50 bits per heavy atom. The molecule has 0 radical (unpaired) electrons. The summed E-state index contributed by atoms with van der Waals surface area (Å²) in [5.41, 5.74) is 0.792. The van der Waals surface area contributed by atoms with Gasteiger partial charge in [-0.05, 0) is 40.9 Å². The molecule has 3 rings (SSSR count). The quantitative estimate of drug-likeness (QED) is 0.682. The summed E-state index contributed by atoms with van der Waals surface area (Å²) in [7, 11) is 1.35. The molecule has 2 aliphatic rings. The van der Waals surface area contributed by atoms with Crippen molar-refractivity contribution < 1.29 is 19.1 Å². The van der Waals surface area contributed by atoms with E-state index < -0.39 is 5.92 Å². The largest absolute Gasteiger partial charge is 0.453 e. The summed E-state index contributed by atoms with van der Waals surface area (Å²) in [6.45, 7) is 2.48. The Kier molecular flexibility index (Phi) is 5.80. The number of methoxy groups -OCH3 is 1. The van der Waals surface area contributed by atoms with Gasteiger partial charge < -0.3 is 19.4 Å². The molecule has 2 aliphatic heterocycles. The first-order chi connectivity index (χ1) is 12.5. The number of carbonyl (C=O) groups is 3. The summed E-state index contributed by atoms with van der Waals surface area (Å²) in [5, 5.41) is 0. The van der Waals surface area contributed by atoms with E-state index in [1.54, 1.807) is 14.7 Å². The number of carbonyl (C=O) groups excluding carboxylic acids is 3. The third kappa shape index (κ3) is 3.70. The smallest absolute Gasteiger partial charge is 0.409 e. The van der Waals surface area contributed by atoms with E-state index in [1.807, 2.05) is 24.3 Å². The van der Waals surface area contributed by atoms with Gasteiger partial charge >= 0.3 is 6.09 Å². The number of para-hydroxylation sites is 1. The Balaban J connectivity index is 1.66. The lowest BCUT2D eigenvalue weighted by molar-refractivity contribution is -0.139. The number of hydrogen-bond acceptors (Lipinski definition) is 4. The van der Waals surface area contributed by atoms with Crippen molar-refractivity contribution in [3.63, 3.8) is 0 Å². The van der Waals surface area contributed by atoms with E-state index in [0.717, 1.165) is 10.2 Å². The molecule has 8 heteroatoms. The average molecular weight is 424 g/mol. The van der Waals surface area contributed by atoms with Crippen molar-refractivity contribution in [1.82, 2.24) is 9.80 Å². The Bertz CT molecular complexity index is 711. The van der Waals surface area contributed by atoms with Crippen LogP contribution in [0.2, 0.25) is 0 Å². The van der Waals surface area contributed by atoms with E-state index in [1.165, 1.54) is 7.11 Å². The summed E-state index contributed by atoms with van der Waals surface area (Å²) >= 11 is 3.47. The third-order valence-corrected chi connectivity index (χ3v) is 5.56. The van der Waals surface area contributed by atoms with Gasteiger partial charge in [-0.25, -0.2) is 4.79 Å². The van der Waals surface area contributed by atoms with Gasteiger partial charge in [-0.15, -0.1) is 0 Å². The fourth-order valence-corrected chi connectivity index (χ4v) is 3.99. The Morgan fingerprint density at radius 2 is 1.77 bits per heavy atom. The molecular formula is C18H22BrN3O4. The monoisotopic (exact) mass is 423 g/mol. The number of ether oxygens (including phenoxy) is 1. The fourth-order valence-electron chi connectivity index (χ4n) is 3.49. The second-order valence-corrected chi connectivity index (χ2v) is 7.27. The van der Waals surface area contributed by atoms with Crippen LogP contribution in [-0.4, -0.2) is 67.5 Å². The maximum Gasteiger partial charge on any atom is 0.409 e. The van der Waals surface area contributed by atoms with E-state index in [0.29, 0.717) is 45.6 Å². The van der Waals surface area contributed by atoms with E-state index in [9.17, 15) is 14.4 Å². The van der Waals surface area contributed by atoms with Crippen LogP contribution in [0.4, 0.5) is 10.5 Å². The zero-order valence-electron chi connectivity index (χ0n) is 14.7. The van der Waals surface area contributed by atoms with Crippen molar-refractivity contribution in [1.29, 1.82) is 0 Å². The third-order valence-electron chi connectivity index (χ3n) is 4.89. The number of anilines is 1. The van der Waals surface area contributed by atoms with Crippen LogP contribution in [0, 0.1) is 5.92 Å². The molecule has 0 aromatic heterocycles. The zero-order valence-corrected chi connectivity index (χ0v) is 16.3. The molecule has 0 aliphatic carbocycles. The lowest BCUT2D eigenvalue weighted by atomic mass is 10.1. The van der Waals surface area contributed by atoms with Crippen LogP contribution in [0.1, 0.15) is 12.8 Å². The van der Waals surface area contributed by atoms with Crippen molar-refractivity contribution in [2.75, 3.05) is 44.7 Å². The number of amides is 3. The number of hydrogen-bond donors (Lipinski definition) is 0. The van der Waals surface area contributed by atoms with Crippen LogP contribution in [-0.2, 0) is 14.3 Å². The van der Waals surface area contributed by atoms with Gasteiger partial charge in [0.25, 0.3) is 0 Å². The maximum atomic E-state index is 12.9. The molecule has 3 amide bonds. The predicted octanol–water partition coefficient (Wildman–Crippen LogP) is 2.10. The summed E-state index contributed by atoms with van der Waals surface area (Å²) < 4.78 is 5.59. The second-order valence-electron chi connectivity index (χ2n) is 6.42. The molecule has 0 saturated carbocycles. The lowest BCUT2D eigenvalue weighted by Gasteiger charge is -2.24. The molecule has 1 atom stereocenters. The second kappa shape index (κ2) is 8.07. The van der Waals surface area contributed by atoms with Gasteiger partial charge in [0.15, 0.2) is 0 Å². The SMILES string of the molecule is COC(=O)N1CCCN(C(=O)C2CCN(c3ccccc3Br)C2=O)CC1. The minimum Gasteiger partial charge on any atom is -0.453 e. The number of rotatable bonds is 2. The molecule has 0 spiro atoms. The predicted molar refractivity (Wildman–Crippen MR) is 99.8 cm³/mol. The van der Waals surface area contributed by atoms with Crippen molar-refractivity contribution >= 4 is 39.5 Å². The highest BCUT2D eigenvalue weighted by molar-refractivity contribution is 9.10. The van der Waals surface area contributed by atoms with Crippen molar-refractivity contribution in [3.05, 3.63) is 28.7 Å². The molecule has 7 nitrogen and oxygen atoms in total. The van der Waals surface area contributed by atoms with Gasteiger partial charge in [-0.1, -0.05) is 12.1 Å². The first-order valence-electron chi connectivity index (χ1n) is 8.70. The van der Waals surface area contributed by atoms with Crippen molar-refractivity contribution in [2.24, 2.45) is 5.92 Å². The van der Waals surface area contributed by atoms with Gasteiger partial charge in [0.1, 0.15) is 5.92 Å². The van der Waals surface area contributed by atoms with E-state index >= 15 is 0 Å². The topological polar surface area (TPSA) is 70.2 Å². The number of halogens is 1. The first kappa shape index (κ1) is 18.7. The van der Waals surface area contributed by atoms with Crippen LogP contribution in [0.25, 0.3) is 0 Å². The average Bonchev–Trinajstić information content (AvgIpc) is 2.87. The standard InChI is InChI=1S/C18H22BrN3O4/c1-26-18(25)21-9-4-8-20(11-12-21)16(23)13-7-10-22(17(13)24)15-6-3-2-5-14(15)19/h2-3,5-6,13H,4,7-12H2,1H3. The van der Waals surface area contributed by atoms with Crippen molar-refractivity contribution in [2.45, 2.75) is 12.8 Å². The number of benzene rings is 1. The highest BCUT2D eigenvalue weighted by atomic mass is 79.9. The van der Waals surface area contributed by atoms with Crippen LogP contribution >= 0.6 is 15.9 Å². The normalized spacial score (nSPS) is 20.9. The molecule has 2 fully saturated rings. The molecular weight excluding hydrogens is 402 g/mol. The van der Waals surface area contributed by atoms with Crippen LogP contribution in [0.15, 0.2) is 28.7 Å². The van der Waals surface area contributed by atoms with Crippen LogP contribution in [0.3, 0.4) is 0 Å². The van der Waals surface area contributed by atoms with Gasteiger partial charge in [0, 0.05) is 37.2 Å². The van der Waals surface area contributed by atoms with Crippen LogP contribution < -0.4 is 4.90 Å². The van der Waals surface area contributed by atoms with Gasteiger partial charge in [-0.3, -0.25) is 9.59 Å². The van der Waals surface area contributed by atoms with E-state index in [2.05, 4.69) is 15.9 Å². The lowest BCUT2D eigenvalue weighted by Crippen LogP contribution is -2.42. The molecule has 140 valence electrons. The van der Waals surface area contributed by atoms with Gasteiger partial charge in [0.2, 0.25) is 11.8 Å². The molecule has 0 bridgehead atoms. The number of nitrogens with zero attached hydrogens (tertiary/aromatic N) is 3. The van der Waals surface area contributed by atoms with Crippen molar-refractivity contribution in [3.8, 4) is 0 Å². The Hall–Kier alpha value is -2.09. The molecule has 1 aromatic carbocycles. The highest BCUT2D eigenvalue weighted by Gasteiger charge is 2.40. The molecule has 26 heavy (non-hydrogen) atoms. The molecule has 1 unspecified atom stereocenters. The minimum absolute atomic E-state index is 0.142. The summed E-state index contributed by atoms with van der Waals surface area (Å²) in [5.74, 6) is -0.945. The summed E-state index contributed by atoms with van der Waals surface area (Å²) in [4.78, 5) is 42.4.